The number of primary amides is 1. The molecule has 19 heavy (non-hydrogen) atoms. The van der Waals surface area contributed by atoms with Crippen LogP contribution in [0.3, 0.4) is 0 Å². The van der Waals surface area contributed by atoms with Gasteiger partial charge in [0.2, 0.25) is 5.91 Å². The molecule has 8 heteroatoms. The van der Waals surface area contributed by atoms with Crippen molar-refractivity contribution in [3.05, 3.63) is 0 Å². The molecule has 3 N–H and O–H groups in total. The average Bonchev–Trinajstić information content (AvgIpc) is 2.68. The first-order valence-electron chi connectivity index (χ1n) is 6.42. The minimum absolute atomic E-state index is 0.0243. The Bertz CT molecular complexity index is 468. The largest absolute Gasteiger partial charge is 0.369 e. The zero-order valence-electron chi connectivity index (χ0n) is 10.7. The summed E-state index contributed by atoms with van der Waals surface area (Å²) < 4.78 is 22.6. The Morgan fingerprint density at radius 1 is 1.16 bits per heavy atom. The van der Waals surface area contributed by atoms with Crippen LogP contribution in [0, 0.1) is 5.92 Å². The van der Waals surface area contributed by atoms with Crippen LogP contribution >= 0.6 is 0 Å². The average molecular weight is 289 g/mol. The molecule has 2 heterocycles. The van der Waals surface area contributed by atoms with Crippen molar-refractivity contribution < 1.29 is 18.0 Å². The smallest absolute Gasteiger partial charge is 0.317 e. The zero-order valence-corrected chi connectivity index (χ0v) is 11.5. The van der Waals surface area contributed by atoms with Gasteiger partial charge in [-0.2, -0.15) is 0 Å². The number of nitrogens with one attached hydrogen (secondary N) is 1. The number of amides is 3. The van der Waals surface area contributed by atoms with Crippen LogP contribution in [0.25, 0.3) is 0 Å². The molecule has 2 fully saturated rings. The standard InChI is InChI=1S/C11H19N3O4S/c12-10(15)8-1-4-14(5-2-8)11(16)13-9-3-6-19(17,18)7-9/h8-9H,1-7H2,(H2,12,15)(H,13,16). The van der Waals surface area contributed by atoms with Crippen LogP contribution in [0.1, 0.15) is 19.3 Å². The highest BCUT2D eigenvalue weighted by Crippen LogP contribution is 2.17. The van der Waals surface area contributed by atoms with Gasteiger partial charge in [-0.15, -0.1) is 0 Å². The summed E-state index contributed by atoms with van der Waals surface area (Å²) in [5, 5.41) is 2.74. The number of sulfone groups is 1. The van der Waals surface area contributed by atoms with Gasteiger partial charge >= 0.3 is 6.03 Å². The molecule has 0 aliphatic carbocycles. The SMILES string of the molecule is NC(=O)C1CCN(C(=O)NC2CCS(=O)(=O)C2)CC1. The highest BCUT2D eigenvalue weighted by atomic mass is 32.2. The van der Waals surface area contributed by atoms with Crippen molar-refractivity contribution in [1.29, 1.82) is 0 Å². The van der Waals surface area contributed by atoms with Gasteiger partial charge in [-0.25, -0.2) is 13.2 Å². The first-order chi connectivity index (χ1) is 8.87. The van der Waals surface area contributed by atoms with E-state index in [0.29, 0.717) is 32.4 Å². The number of nitrogens with two attached hydrogens (primary N) is 1. The van der Waals surface area contributed by atoms with Gasteiger partial charge in [-0.1, -0.05) is 0 Å². The lowest BCUT2D eigenvalue weighted by Crippen LogP contribution is -2.49. The molecule has 2 aliphatic heterocycles. The molecular formula is C11H19N3O4S. The number of rotatable bonds is 2. The maximum absolute atomic E-state index is 11.9. The Balaban J connectivity index is 1.81. The molecule has 3 amide bonds. The summed E-state index contributed by atoms with van der Waals surface area (Å²) in [6, 6.07) is -0.531. The number of urea groups is 1. The molecule has 0 aromatic heterocycles. The fourth-order valence-corrected chi connectivity index (χ4v) is 4.22. The molecule has 0 bridgehead atoms. The lowest BCUT2D eigenvalue weighted by atomic mass is 9.96. The van der Waals surface area contributed by atoms with E-state index < -0.39 is 9.84 Å². The Hall–Kier alpha value is -1.31. The summed E-state index contributed by atoms with van der Waals surface area (Å²) in [5.74, 6) is -0.309. The van der Waals surface area contributed by atoms with Crippen LogP contribution in [0.5, 0.6) is 0 Å². The van der Waals surface area contributed by atoms with Gasteiger partial charge in [0.1, 0.15) is 0 Å². The third-order valence-electron chi connectivity index (χ3n) is 3.74. The third kappa shape index (κ3) is 3.59. The summed E-state index contributed by atoms with van der Waals surface area (Å²) in [6.45, 7) is 0.970. The van der Waals surface area contributed by atoms with E-state index in [0.717, 1.165) is 0 Å². The lowest BCUT2D eigenvalue weighted by Gasteiger charge is -2.31. The summed E-state index contributed by atoms with van der Waals surface area (Å²) in [6.07, 6.45) is 1.63. The molecule has 7 nitrogen and oxygen atoms in total. The van der Waals surface area contributed by atoms with Gasteiger partial charge < -0.3 is 16.0 Å². The molecule has 1 unspecified atom stereocenters. The maximum atomic E-state index is 11.9. The highest BCUT2D eigenvalue weighted by molar-refractivity contribution is 7.91. The summed E-state index contributed by atoms with van der Waals surface area (Å²) >= 11 is 0. The Labute approximate surface area is 112 Å². The Kier molecular flexibility index (Phi) is 3.98. The minimum atomic E-state index is -2.99. The van der Waals surface area contributed by atoms with Crippen LogP contribution in [0.2, 0.25) is 0 Å². The second kappa shape index (κ2) is 5.36. The van der Waals surface area contributed by atoms with Crippen molar-refractivity contribution >= 4 is 21.8 Å². The molecule has 2 saturated heterocycles. The predicted molar refractivity (Wildman–Crippen MR) is 69.1 cm³/mol. The van der Waals surface area contributed by atoms with E-state index >= 15 is 0 Å². The zero-order chi connectivity index (χ0) is 14.0. The Morgan fingerprint density at radius 2 is 1.79 bits per heavy atom. The number of piperidine rings is 1. The first-order valence-corrected chi connectivity index (χ1v) is 8.25. The van der Waals surface area contributed by atoms with E-state index in [9.17, 15) is 18.0 Å². The second-order valence-corrected chi connectivity index (χ2v) is 7.44. The van der Waals surface area contributed by atoms with Gasteiger partial charge in [-0.05, 0) is 19.3 Å². The monoisotopic (exact) mass is 289 g/mol. The van der Waals surface area contributed by atoms with Crippen LogP contribution in [0.4, 0.5) is 4.79 Å². The van der Waals surface area contributed by atoms with E-state index in [2.05, 4.69) is 5.32 Å². The molecule has 0 aromatic rings. The normalized spacial score (nSPS) is 27.2. The number of carbonyl (C=O) groups is 2. The number of likely N-dealkylation sites (tertiary alicyclic amines) is 1. The van der Waals surface area contributed by atoms with Crippen LogP contribution < -0.4 is 11.1 Å². The molecular weight excluding hydrogens is 270 g/mol. The molecule has 0 saturated carbocycles. The van der Waals surface area contributed by atoms with E-state index in [4.69, 9.17) is 5.73 Å². The summed E-state index contributed by atoms with van der Waals surface area (Å²) in [5.41, 5.74) is 5.23. The van der Waals surface area contributed by atoms with Gasteiger partial charge in [0, 0.05) is 25.0 Å². The molecule has 108 valence electrons. The number of carbonyl (C=O) groups excluding carboxylic acids is 2. The van der Waals surface area contributed by atoms with Crippen molar-refractivity contribution in [3.63, 3.8) is 0 Å². The van der Waals surface area contributed by atoms with Crippen molar-refractivity contribution in [1.82, 2.24) is 10.2 Å². The van der Waals surface area contributed by atoms with Gasteiger partial charge in [-0.3, -0.25) is 4.79 Å². The number of hydrogen-bond donors (Lipinski definition) is 2. The van der Waals surface area contributed by atoms with Crippen molar-refractivity contribution in [2.75, 3.05) is 24.6 Å². The van der Waals surface area contributed by atoms with Gasteiger partial charge in [0.25, 0.3) is 0 Å². The second-order valence-electron chi connectivity index (χ2n) is 5.21. The summed E-state index contributed by atoms with van der Waals surface area (Å²) in [4.78, 5) is 24.6. The molecule has 2 rings (SSSR count). The fourth-order valence-electron chi connectivity index (χ4n) is 2.54. The highest BCUT2D eigenvalue weighted by Gasteiger charge is 2.31. The Morgan fingerprint density at radius 3 is 2.26 bits per heavy atom. The lowest BCUT2D eigenvalue weighted by molar-refractivity contribution is -0.123. The van der Waals surface area contributed by atoms with E-state index in [1.165, 1.54) is 0 Å². The van der Waals surface area contributed by atoms with E-state index in [-0.39, 0.29) is 35.4 Å². The summed E-state index contributed by atoms with van der Waals surface area (Å²) in [7, 11) is -2.99. The molecule has 2 aliphatic rings. The fraction of sp³-hybridized carbons (Fsp3) is 0.818. The predicted octanol–water partition coefficient (Wildman–Crippen LogP) is -0.920. The van der Waals surface area contributed by atoms with Gasteiger partial charge in [0.05, 0.1) is 11.5 Å². The van der Waals surface area contributed by atoms with Crippen LogP contribution in [0.15, 0.2) is 0 Å². The maximum Gasteiger partial charge on any atom is 0.317 e. The molecule has 0 spiro atoms. The quantitative estimate of drug-likeness (QED) is 0.685. The van der Waals surface area contributed by atoms with Crippen LogP contribution in [-0.2, 0) is 14.6 Å². The molecule has 0 aromatic carbocycles. The number of hydrogen-bond acceptors (Lipinski definition) is 4. The van der Waals surface area contributed by atoms with Gasteiger partial charge in [0.15, 0.2) is 9.84 Å². The first kappa shape index (κ1) is 14.1. The van der Waals surface area contributed by atoms with Crippen molar-refractivity contribution in [2.45, 2.75) is 25.3 Å². The molecule has 1 atom stereocenters. The third-order valence-corrected chi connectivity index (χ3v) is 5.51. The topological polar surface area (TPSA) is 110 Å². The van der Waals surface area contributed by atoms with E-state index in [1.54, 1.807) is 4.90 Å². The van der Waals surface area contributed by atoms with Crippen molar-refractivity contribution in [3.8, 4) is 0 Å². The minimum Gasteiger partial charge on any atom is -0.369 e. The van der Waals surface area contributed by atoms with Crippen molar-refractivity contribution in [2.24, 2.45) is 11.7 Å². The number of nitrogens with zero attached hydrogens (tertiary/aromatic N) is 1. The van der Waals surface area contributed by atoms with Crippen LogP contribution in [-0.4, -0.2) is 55.9 Å². The molecule has 0 radical (unpaired) electrons. The van der Waals surface area contributed by atoms with E-state index in [1.807, 2.05) is 0 Å².